The first kappa shape index (κ1) is 18.7. The van der Waals surface area contributed by atoms with Crippen molar-refractivity contribution in [3.8, 4) is 0 Å². The lowest BCUT2D eigenvalue weighted by Gasteiger charge is -2.23. The molecule has 2 saturated heterocycles. The topological polar surface area (TPSA) is 112 Å². The lowest BCUT2D eigenvalue weighted by molar-refractivity contribution is -0.0288. The minimum atomic E-state index is -3.42. The van der Waals surface area contributed by atoms with E-state index in [0.717, 1.165) is 0 Å². The van der Waals surface area contributed by atoms with E-state index in [9.17, 15) is 14.5 Å². The first-order valence-corrected chi connectivity index (χ1v) is 9.66. The lowest BCUT2D eigenvalue weighted by Crippen LogP contribution is -2.41. The van der Waals surface area contributed by atoms with E-state index >= 15 is 0 Å². The highest BCUT2D eigenvalue weighted by Gasteiger charge is 2.68. The summed E-state index contributed by atoms with van der Waals surface area (Å²) >= 11 is 0. The second-order valence-corrected chi connectivity index (χ2v) is 8.84. The van der Waals surface area contributed by atoms with Gasteiger partial charge in [0, 0.05) is 12.3 Å². The van der Waals surface area contributed by atoms with Crippen molar-refractivity contribution < 1.29 is 23.2 Å². The molecule has 0 aliphatic carbocycles. The van der Waals surface area contributed by atoms with Gasteiger partial charge in [-0.15, -0.1) is 9.05 Å². The molecule has 0 amide bonds. The molecule has 2 aliphatic rings. The zero-order chi connectivity index (χ0) is 18.5. The average molecular weight is 375 g/mol. The maximum atomic E-state index is 11.8. The van der Waals surface area contributed by atoms with Gasteiger partial charge in [0.1, 0.15) is 24.0 Å². The van der Waals surface area contributed by atoms with Crippen LogP contribution in [0, 0.1) is 0 Å². The zero-order valence-electron chi connectivity index (χ0n) is 14.7. The van der Waals surface area contributed by atoms with E-state index < -0.39 is 36.8 Å². The number of ether oxygens (including phenoxy) is 1. The van der Waals surface area contributed by atoms with Crippen LogP contribution in [0.1, 0.15) is 46.8 Å². The number of nitrogens with zero attached hydrogens (tertiary/aromatic N) is 1. The van der Waals surface area contributed by atoms with Crippen LogP contribution in [0.25, 0.3) is 0 Å². The first-order chi connectivity index (χ1) is 11.5. The van der Waals surface area contributed by atoms with Gasteiger partial charge in [-0.25, -0.2) is 4.79 Å². The fraction of sp³-hybridized carbons (Fsp3) is 0.733. The molecule has 0 bridgehead atoms. The molecule has 2 fully saturated rings. The zero-order valence-corrected chi connectivity index (χ0v) is 15.6. The molecule has 2 N–H and O–H groups in total. The van der Waals surface area contributed by atoms with Crippen LogP contribution in [-0.2, 0) is 18.3 Å². The lowest BCUT2D eigenvalue weighted by atomic mass is 9.90. The minimum Gasteiger partial charge on any atom is -0.352 e. The fourth-order valence-electron chi connectivity index (χ4n) is 2.71. The van der Waals surface area contributed by atoms with Crippen LogP contribution in [0.2, 0.25) is 0 Å². The number of aromatic nitrogens is 2. The molecule has 0 spiro atoms. The van der Waals surface area contributed by atoms with Crippen molar-refractivity contribution in [2.24, 2.45) is 0 Å². The second-order valence-electron chi connectivity index (χ2n) is 7.28. The molecule has 0 saturated carbocycles. The average Bonchev–Trinajstić information content (AvgIpc) is 2.98. The molecule has 2 unspecified atom stereocenters. The van der Waals surface area contributed by atoms with Crippen molar-refractivity contribution in [2.45, 2.75) is 64.1 Å². The van der Waals surface area contributed by atoms with Gasteiger partial charge in [0.2, 0.25) is 0 Å². The standard InChI is InChI=1S/C15H23N2O7P/c1-14(2)15(3,4)24-25(20,23-14)21-9-10-5-6-12(22-10)17-8-7-11(18)16-13(17)19/h7-8,10,12,20H,5-6,9H2,1-4H3/p+1. The van der Waals surface area contributed by atoms with Gasteiger partial charge < -0.3 is 4.74 Å². The fourth-order valence-corrected chi connectivity index (χ4v) is 4.80. The minimum absolute atomic E-state index is 0.0883. The molecule has 1 aromatic rings. The van der Waals surface area contributed by atoms with Crippen LogP contribution in [-0.4, -0.2) is 38.4 Å². The normalized spacial score (nSPS) is 29.8. The van der Waals surface area contributed by atoms with E-state index in [2.05, 4.69) is 4.98 Å². The smallest absolute Gasteiger partial charge is 0.352 e. The van der Waals surface area contributed by atoms with Gasteiger partial charge in [0.05, 0.1) is 6.10 Å². The SMILES string of the molecule is CC1(C)O[P+](O)(OCC2CCC(n3ccc(=O)[nH]c3=O)O2)OC1(C)C. The third-order valence-corrected chi connectivity index (χ3v) is 6.66. The molecule has 3 rings (SSSR count). The van der Waals surface area contributed by atoms with Crippen LogP contribution < -0.4 is 11.2 Å². The maximum absolute atomic E-state index is 11.8. The van der Waals surface area contributed by atoms with Gasteiger partial charge in [-0.3, -0.25) is 14.3 Å². The monoisotopic (exact) mass is 375 g/mol. The molecule has 10 heteroatoms. The predicted molar refractivity (Wildman–Crippen MR) is 89.9 cm³/mol. The highest BCUT2D eigenvalue weighted by molar-refractivity contribution is 7.55. The number of H-pyrrole nitrogens is 1. The molecule has 3 heterocycles. The Morgan fingerprint density at radius 3 is 2.52 bits per heavy atom. The summed E-state index contributed by atoms with van der Waals surface area (Å²) in [6.07, 6.45) is 1.85. The molecule has 2 aliphatic heterocycles. The van der Waals surface area contributed by atoms with Gasteiger partial charge in [-0.2, -0.15) is 9.42 Å². The summed E-state index contributed by atoms with van der Waals surface area (Å²) in [5, 5.41) is 0. The quantitative estimate of drug-likeness (QED) is 0.767. The molecular formula is C15H24N2O7P+. The highest BCUT2D eigenvalue weighted by Crippen LogP contribution is 2.70. The van der Waals surface area contributed by atoms with Crippen LogP contribution in [0.15, 0.2) is 21.9 Å². The Morgan fingerprint density at radius 2 is 1.92 bits per heavy atom. The number of rotatable bonds is 4. The molecule has 140 valence electrons. The Labute approximate surface area is 145 Å². The van der Waals surface area contributed by atoms with Gasteiger partial charge in [0.15, 0.2) is 0 Å². The van der Waals surface area contributed by atoms with Crippen molar-refractivity contribution in [2.75, 3.05) is 6.61 Å². The molecule has 2 atom stereocenters. The first-order valence-electron chi connectivity index (χ1n) is 8.16. The Bertz CT molecular complexity index is 741. The summed E-state index contributed by atoms with van der Waals surface area (Å²) in [5.74, 6) is 0. The van der Waals surface area contributed by atoms with Crippen molar-refractivity contribution in [1.82, 2.24) is 9.55 Å². The van der Waals surface area contributed by atoms with E-state index in [-0.39, 0.29) is 12.7 Å². The third kappa shape index (κ3) is 3.72. The Kier molecular flexibility index (Phi) is 4.68. The summed E-state index contributed by atoms with van der Waals surface area (Å²) in [6, 6.07) is 1.27. The third-order valence-electron chi connectivity index (χ3n) is 4.81. The van der Waals surface area contributed by atoms with E-state index in [1.807, 2.05) is 27.7 Å². The van der Waals surface area contributed by atoms with Crippen LogP contribution in [0.5, 0.6) is 0 Å². The molecule has 1 aromatic heterocycles. The number of aromatic amines is 1. The summed E-state index contributed by atoms with van der Waals surface area (Å²) in [7, 11) is -3.42. The van der Waals surface area contributed by atoms with E-state index in [1.165, 1.54) is 16.8 Å². The highest BCUT2D eigenvalue weighted by atomic mass is 31.2. The van der Waals surface area contributed by atoms with Gasteiger partial charge in [-0.1, -0.05) is 0 Å². The summed E-state index contributed by atoms with van der Waals surface area (Å²) in [5.41, 5.74) is -2.33. The van der Waals surface area contributed by atoms with Crippen molar-refractivity contribution >= 4 is 8.17 Å². The van der Waals surface area contributed by atoms with Crippen LogP contribution >= 0.6 is 8.17 Å². The summed E-state index contributed by atoms with van der Waals surface area (Å²) < 4.78 is 23.9. The Hall–Kier alpha value is -1.09. The van der Waals surface area contributed by atoms with Crippen LogP contribution in [0.4, 0.5) is 0 Å². The van der Waals surface area contributed by atoms with Crippen LogP contribution in [0.3, 0.4) is 0 Å². The molecule has 0 radical (unpaired) electrons. The molecule has 25 heavy (non-hydrogen) atoms. The Morgan fingerprint density at radius 1 is 1.28 bits per heavy atom. The summed E-state index contributed by atoms with van der Waals surface area (Å²) in [4.78, 5) is 35.6. The van der Waals surface area contributed by atoms with Gasteiger partial charge in [-0.05, 0) is 40.5 Å². The van der Waals surface area contributed by atoms with Gasteiger partial charge in [0.25, 0.3) is 5.56 Å². The van der Waals surface area contributed by atoms with E-state index in [0.29, 0.717) is 12.8 Å². The number of hydrogen-bond acceptors (Lipinski definition) is 7. The number of nitrogens with one attached hydrogen (secondary N) is 1. The van der Waals surface area contributed by atoms with Crippen molar-refractivity contribution in [3.63, 3.8) is 0 Å². The molecule has 9 nitrogen and oxygen atoms in total. The second kappa shape index (κ2) is 6.26. The van der Waals surface area contributed by atoms with Gasteiger partial charge >= 0.3 is 13.9 Å². The van der Waals surface area contributed by atoms with Crippen molar-refractivity contribution in [3.05, 3.63) is 33.1 Å². The van der Waals surface area contributed by atoms with E-state index in [1.54, 1.807) is 0 Å². The number of hydrogen-bond donors (Lipinski definition) is 2. The Balaban J connectivity index is 1.59. The summed E-state index contributed by atoms with van der Waals surface area (Å²) in [6.45, 7) is 7.42. The molecular weight excluding hydrogens is 351 g/mol. The molecule has 0 aromatic carbocycles. The largest absolute Gasteiger partial charge is 0.573 e. The predicted octanol–water partition coefficient (Wildman–Crippen LogP) is 1.50. The maximum Gasteiger partial charge on any atom is 0.573 e. The van der Waals surface area contributed by atoms with E-state index in [4.69, 9.17) is 18.3 Å². The van der Waals surface area contributed by atoms with Crippen molar-refractivity contribution in [1.29, 1.82) is 0 Å².